The summed E-state index contributed by atoms with van der Waals surface area (Å²) in [5.74, 6) is -0.970. The van der Waals surface area contributed by atoms with Crippen LogP contribution in [-0.2, 0) is 16.1 Å². The molecule has 0 saturated carbocycles. The Morgan fingerprint density at radius 2 is 2.12 bits per heavy atom. The number of carbonyl (C=O) groups is 1. The van der Waals surface area contributed by atoms with E-state index in [1.54, 1.807) is 18.2 Å². The lowest BCUT2D eigenvalue weighted by atomic mass is 10.0. The van der Waals surface area contributed by atoms with Crippen LogP contribution >= 0.6 is 0 Å². The van der Waals surface area contributed by atoms with Crippen molar-refractivity contribution >= 4 is 5.97 Å². The Morgan fingerprint density at radius 1 is 1.44 bits per heavy atom. The molecule has 5 nitrogen and oxygen atoms in total. The normalized spacial score (nSPS) is 12.2. The van der Waals surface area contributed by atoms with Crippen molar-refractivity contribution in [1.82, 2.24) is 0 Å². The van der Waals surface area contributed by atoms with E-state index >= 15 is 0 Å². The molecule has 16 heavy (non-hydrogen) atoms. The van der Waals surface area contributed by atoms with Crippen molar-refractivity contribution in [2.45, 2.75) is 12.7 Å². The number of rotatable bonds is 5. The van der Waals surface area contributed by atoms with Gasteiger partial charge in [0.25, 0.3) is 0 Å². The first-order chi connectivity index (χ1) is 7.60. The second kappa shape index (κ2) is 5.48. The Kier molecular flexibility index (Phi) is 4.28. The summed E-state index contributed by atoms with van der Waals surface area (Å²) in [6, 6.07) is 4.91. The van der Waals surface area contributed by atoms with Crippen LogP contribution < -0.4 is 4.74 Å². The van der Waals surface area contributed by atoms with E-state index in [1.807, 2.05) is 0 Å². The minimum Gasteiger partial charge on any atom is -0.496 e. The van der Waals surface area contributed by atoms with E-state index in [0.717, 1.165) is 5.56 Å². The van der Waals surface area contributed by atoms with Gasteiger partial charge < -0.3 is 19.7 Å². The van der Waals surface area contributed by atoms with E-state index in [9.17, 15) is 9.90 Å². The Hall–Kier alpha value is -1.59. The highest BCUT2D eigenvalue weighted by atomic mass is 16.5. The summed E-state index contributed by atoms with van der Waals surface area (Å²) in [5, 5.41) is 18.2. The SMILES string of the molecule is COCc1ccc(OC)c(C(O)C(=O)O)c1. The Bertz CT molecular complexity index is 375. The lowest BCUT2D eigenvalue weighted by molar-refractivity contribution is -0.147. The predicted octanol–water partition coefficient (Wildman–Crippen LogP) is 0.960. The quantitative estimate of drug-likeness (QED) is 0.782. The molecule has 0 heterocycles. The van der Waals surface area contributed by atoms with Crippen molar-refractivity contribution in [3.05, 3.63) is 29.3 Å². The maximum atomic E-state index is 10.7. The first kappa shape index (κ1) is 12.5. The summed E-state index contributed by atoms with van der Waals surface area (Å²) >= 11 is 0. The monoisotopic (exact) mass is 226 g/mol. The molecule has 1 aromatic rings. The number of aliphatic carboxylic acids is 1. The summed E-state index contributed by atoms with van der Waals surface area (Å²) in [7, 11) is 2.96. The number of carboxylic acid groups (broad SMARTS) is 1. The minimum atomic E-state index is -1.59. The second-order valence-corrected chi connectivity index (χ2v) is 3.25. The zero-order valence-electron chi connectivity index (χ0n) is 9.14. The molecule has 0 amide bonds. The molecule has 5 heteroatoms. The molecule has 0 aliphatic carbocycles. The van der Waals surface area contributed by atoms with Gasteiger partial charge in [-0.1, -0.05) is 6.07 Å². The Morgan fingerprint density at radius 3 is 2.62 bits per heavy atom. The molecule has 1 unspecified atom stereocenters. The smallest absolute Gasteiger partial charge is 0.337 e. The van der Waals surface area contributed by atoms with E-state index in [-0.39, 0.29) is 5.56 Å². The van der Waals surface area contributed by atoms with E-state index in [4.69, 9.17) is 14.6 Å². The van der Waals surface area contributed by atoms with Gasteiger partial charge in [-0.3, -0.25) is 0 Å². The summed E-state index contributed by atoms with van der Waals surface area (Å²) in [4.78, 5) is 10.7. The first-order valence-corrected chi connectivity index (χ1v) is 4.66. The third-order valence-corrected chi connectivity index (χ3v) is 2.13. The molecule has 88 valence electrons. The largest absolute Gasteiger partial charge is 0.496 e. The van der Waals surface area contributed by atoms with Crippen LogP contribution in [-0.4, -0.2) is 30.4 Å². The first-order valence-electron chi connectivity index (χ1n) is 4.66. The van der Waals surface area contributed by atoms with E-state index in [0.29, 0.717) is 12.4 Å². The number of aliphatic hydroxyl groups excluding tert-OH is 1. The van der Waals surface area contributed by atoms with Crippen LogP contribution in [0.3, 0.4) is 0 Å². The Labute approximate surface area is 93.2 Å². The topological polar surface area (TPSA) is 76.0 Å². The van der Waals surface area contributed by atoms with Gasteiger partial charge >= 0.3 is 5.97 Å². The minimum absolute atomic E-state index is 0.226. The highest BCUT2D eigenvalue weighted by Crippen LogP contribution is 2.26. The van der Waals surface area contributed by atoms with Crippen molar-refractivity contribution in [2.24, 2.45) is 0 Å². The van der Waals surface area contributed by atoms with Gasteiger partial charge in [0.1, 0.15) is 5.75 Å². The van der Waals surface area contributed by atoms with Gasteiger partial charge in [-0.05, 0) is 17.7 Å². The maximum Gasteiger partial charge on any atom is 0.337 e. The lowest BCUT2D eigenvalue weighted by Gasteiger charge is -2.12. The number of hydrogen-bond donors (Lipinski definition) is 2. The summed E-state index contributed by atoms with van der Waals surface area (Å²) in [6.45, 7) is 0.351. The molecule has 0 radical (unpaired) electrons. The average Bonchev–Trinajstić information content (AvgIpc) is 2.28. The number of carboxylic acids is 1. The second-order valence-electron chi connectivity index (χ2n) is 3.25. The fourth-order valence-electron chi connectivity index (χ4n) is 1.39. The molecule has 1 rings (SSSR count). The molecule has 2 N–H and O–H groups in total. The van der Waals surface area contributed by atoms with Gasteiger partial charge in [0.2, 0.25) is 0 Å². The molecule has 1 atom stereocenters. The lowest BCUT2D eigenvalue weighted by Crippen LogP contribution is -2.12. The van der Waals surface area contributed by atoms with Crippen LogP contribution in [0.5, 0.6) is 5.75 Å². The molecule has 0 fully saturated rings. The van der Waals surface area contributed by atoms with Gasteiger partial charge in [0.15, 0.2) is 6.10 Å². The van der Waals surface area contributed by atoms with Gasteiger partial charge in [0.05, 0.1) is 13.7 Å². The summed E-state index contributed by atoms with van der Waals surface area (Å²) < 4.78 is 9.91. The van der Waals surface area contributed by atoms with E-state index in [2.05, 4.69) is 0 Å². The molecule has 0 spiro atoms. The molecule has 0 aliphatic heterocycles. The van der Waals surface area contributed by atoms with Crippen LogP contribution in [0.2, 0.25) is 0 Å². The van der Waals surface area contributed by atoms with Crippen LogP contribution in [0.4, 0.5) is 0 Å². The van der Waals surface area contributed by atoms with Crippen molar-refractivity contribution in [3.63, 3.8) is 0 Å². The molecule has 0 saturated heterocycles. The number of hydrogen-bond acceptors (Lipinski definition) is 4. The third kappa shape index (κ3) is 2.71. The third-order valence-electron chi connectivity index (χ3n) is 2.13. The number of ether oxygens (including phenoxy) is 2. The fraction of sp³-hybridized carbons (Fsp3) is 0.364. The van der Waals surface area contributed by atoms with Gasteiger partial charge in [-0.2, -0.15) is 0 Å². The number of aliphatic hydroxyl groups is 1. The van der Waals surface area contributed by atoms with Crippen LogP contribution in [0, 0.1) is 0 Å². The standard InChI is InChI=1S/C11H14O5/c1-15-6-7-3-4-9(16-2)8(5-7)10(12)11(13)14/h3-5,10,12H,6H2,1-2H3,(H,13,14). The molecular weight excluding hydrogens is 212 g/mol. The maximum absolute atomic E-state index is 10.7. The Balaban J connectivity index is 3.11. The van der Waals surface area contributed by atoms with Gasteiger partial charge in [-0.15, -0.1) is 0 Å². The van der Waals surface area contributed by atoms with Crippen molar-refractivity contribution in [1.29, 1.82) is 0 Å². The predicted molar refractivity (Wildman–Crippen MR) is 56.3 cm³/mol. The summed E-state index contributed by atoms with van der Waals surface area (Å²) in [6.07, 6.45) is -1.59. The average molecular weight is 226 g/mol. The molecule has 0 aromatic heterocycles. The molecular formula is C11H14O5. The highest BCUT2D eigenvalue weighted by molar-refractivity contribution is 5.75. The van der Waals surface area contributed by atoms with Gasteiger partial charge in [0, 0.05) is 12.7 Å². The van der Waals surface area contributed by atoms with Crippen molar-refractivity contribution in [3.8, 4) is 5.75 Å². The zero-order chi connectivity index (χ0) is 12.1. The zero-order valence-corrected chi connectivity index (χ0v) is 9.14. The molecule has 0 bridgehead atoms. The van der Waals surface area contributed by atoms with Crippen LogP contribution in [0.25, 0.3) is 0 Å². The van der Waals surface area contributed by atoms with Crippen molar-refractivity contribution < 1.29 is 24.5 Å². The summed E-state index contributed by atoms with van der Waals surface area (Å²) in [5.41, 5.74) is 1.00. The van der Waals surface area contributed by atoms with Crippen LogP contribution in [0.1, 0.15) is 17.2 Å². The number of benzene rings is 1. The fourth-order valence-corrected chi connectivity index (χ4v) is 1.39. The van der Waals surface area contributed by atoms with E-state index in [1.165, 1.54) is 14.2 Å². The molecule has 1 aromatic carbocycles. The van der Waals surface area contributed by atoms with E-state index < -0.39 is 12.1 Å². The van der Waals surface area contributed by atoms with Gasteiger partial charge in [-0.25, -0.2) is 4.79 Å². The number of methoxy groups -OCH3 is 2. The molecule has 0 aliphatic rings. The van der Waals surface area contributed by atoms with Crippen molar-refractivity contribution in [2.75, 3.05) is 14.2 Å². The highest BCUT2D eigenvalue weighted by Gasteiger charge is 2.20. The van der Waals surface area contributed by atoms with Crippen LogP contribution in [0.15, 0.2) is 18.2 Å².